The van der Waals surface area contributed by atoms with Crippen LogP contribution in [0.3, 0.4) is 0 Å². The molecule has 0 unspecified atom stereocenters. The number of methoxy groups -OCH3 is 1. The first kappa shape index (κ1) is 19.1. The molecule has 0 saturated heterocycles. The van der Waals surface area contributed by atoms with Gasteiger partial charge in [0.15, 0.2) is 23.2 Å². The first-order valence-electron chi connectivity index (χ1n) is 7.42. The molecule has 136 valence electrons. The molecule has 0 aromatic heterocycles. The molecule has 0 bridgehead atoms. The molecule has 2 aromatic carbocycles. The summed E-state index contributed by atoms with van der Waals surface area (Å²) < 4.78 is 23.3. The summed E-state index contributed by atoms with van der Waals surface area (Å²) in [5.74, 6) is -0.0826. The lowest BCUT2D eigenvalue weighted by atomic mass is 10.2. The molecular weight excluding hydrogens is 359 g/mol. The topological polar surface area (TPSA) is 98.0 Å². The molecule has 2 aromatic rings. The van der Waals surface area contributed by atoms with Crippen LogP contribution in [0.15, 0.2) is 47.6 Å². The van der Waals surface area contributed by atoms with Crippen molar-refractivity contribution in [1.82, 2.24) is 5.43 Å². The molecule has 0 radical (unpaired) electrons. The number of anilines is 1. The maximum absolute atomic E-state index is 12.9. The summed E-state index contributed by atoms with van der Waals surface area (Å²) in [5.41, 5.74) is 9.05. The first-order valence-corrected chi connectivity index (χ1v) is 7.83. The second-order valence-electron chi connectivity index (χ2n) is 5.00. The van der Waals surface area contributed by atoms with E-state index in [-0.39, 0.29) is 17.5 Å². The van der Waals surface area contributed by atoms with Crippen molar-refractivity contribution in [2.75, 3.05) is 19.0 Å². The fourth-order valence-electron chi connectivity index (χ4n) is 1.89. The van der Waals surface area contributed by atoms with E-state index in [2.05, 4.69) is 15.8 Å². The summed E-state index contributed by atoms with van der Waals surface area (Å²) in [6, 6.07) is 10.8. The van der Waals surface area contributed by atoms with Crippen molar-refractivity contribution < 1.29 is 18.7 Å². The van der Waals surface area contributed by atoms with Crippen LogP contribution < -0.4 is 25.9 Å². The number of ether oxygens (including phenoxy) is 2. The maximum atomic E-state index is 12.9. The van der Waals surface area contributed by atoms with E-state index in [1.165, 1.54) is 25.5 Å². The highest BCUT2D eigenvalue weighted by molar-refractivity contribution is 7.80. The normalized spacial score (nSPS) is 10.4. The van der Waals surface area contributed by atoms with E-state index in [0.717, 1.165) is 0 Å². The van der Waals surface area contributed by atoms with Gasteiger partial charge in [-0.25, -0.2) is 4.39 Å². The van der Waals surface area contributed by atoms with Gasteiger partial charge in [0.25, 0.3) is 5.91 Å². The number of nitrogens with two attached hydrogens (primary N) is 1. The van der Waals surface area contributed by atoms with E-state index in [1.807, 2.05) is 0 Å². The van der Waals surface area contributed by atoms with E-state index < -0.39 is 5.91 Å². The number of carbonyl (C=O) groups excluding carboxylic acids is 1. The summed E-state index contributed by atoms with van der Waals surface area (Å²) >= 11 is 5.09. The van der Waals surface area contributed by atoms with Gasteiger partial charge in [-0.15, -0.1) is 0 Å². The van der Waals surface area contributed by atoms with Crippen molar-refractivity contribution in [2.24, 2.45) is 10.8 Å². The Morgan fingerprint density at radius 1 is 1.27 bits per heavy atom. The fraction of sp³-hybridized carbons (Fsp3) is 0.118. The molecule has 0 heterocycles. The Morgan fingerprint density at radius 2 is 2.00 bits per heavy atom. The third-order valence-corrected chi connectivity index (χ3v) is 3.23. The lowest BCUT2D eigenvalue weighted by Gasteiger charge is -2.10. The lowest BCUT2D eigenvalue weighted by Crippen LogP contribution is -2.23. The van der Waals surface area contributed by atoms with E-state index in [0.29, 0.717) is 22.7 Å². The average Bonchev–Trinajstić information content (AvgIpc) is 2.62. The van der Waals surface area contributed by atoms with Crippen LogP contribution in [-0.4, -0.2) is 31.0 Å². The molecule has 1 amide bonds. The van der Waals surface area contributed by atoms with Crippen LogP contribution in [0, 0.1) is 5.82 Å². The summed E-state index contributed by atoms with van der Waals surface area (Å²) in [6.07, 6.45) is 1.53. The monoisotopic (exact) mass is 376 g/mol. The van der Waals surface area contributed by atoms with Crippen molar-refractivity contribution in [3.63, 3.8) is 0 Å². The SMILES string of the molecule is COc1cc(/C=N\NC(=S)Nc2ccc(F)cc2)ccc1OCC(N)=O. The molecule has 0 saturated carbocycles. The van der Waals surface area contributed by atoms with Crippen molar-refractivity contribution in [1.29, 1.82) is 0 Å². The lowest BCUT2D eigenvalue weighted by molar-refractivity contribution is -0.119. The smallest absolute Gasteiger partial charge is 0.255 e. The number of primary amides is 1. The molecular formula is C17H17FN4O3S. The molecule has 4 N–H and O–H groups in total. The minimum atomic E-state index is -0.580. The molecule has 0 aliphatic carbocycles. The Labute approximate surface area is 155 Å². The number of hydrogen-bond donors (Lipinski definition) is 3. The molecule has 7 nitrogen and oxygen atoms in total. The summed E-state index contributed by atoms with van der Waals surface area (Å²) in [7, 11) is 1.48. The average molecular weight is 376 g/mol. The number of hydrogen-bond acceptors (Lipinski definition) is 5. The Morgan fingerprint density at radius 3 is 2.65 bits per heavy atom. The highest BCUT2D eigenvalue weighted by Crippen LogP contribution is 2.27. The van der Waals surface area contributed by atoms with Gasteiger partial charge in [-0.1, -0.05) is 0 Å². The molecule has 26 heavy (non-hydrogen) atoms. The van der Waals surface area contributed by atoms with Crippen molar-refractivity contribution in [2.45, 2.75) is 0 Å². The van der Waals surface area contributed by atoms with Crippen LogP contribution in [0.5, 0.6) is 11.5 Å². The zero-order valence-corrected chi connectivity index (χ0v) is 14.7. The van der Waals surface area contributed by atoms with Gasteiger partial charge in [0.2, 0.25) is 0 Å². The van der Waals surface area contributed by atoms with Crippen LogP contribution in [0.1, 0.15) is 5.56 Å². The molecule has 0 aliphatic rings. The van der Waals surface area contributed by atoms with E-state index in [9.17, 15) is 9.18 Å². The van der Waals surface area contributed by atoms with Crippen LogP contribution in [0.25, 0.3) is 0 Å². The number of rotatable bonds is 7. The number of carbonyl (C=O) groups is 1. The van der Waals surface area contributed by atoms with Crippen molar-refractivity contribution >= 4 is 35.1 Å². The molecule has 0 atom stereocenters. The Bertz CT molecular complexity index is 812. The number of hydrazone groups is 1. The molecule has 0 spiro atoms. The van der Waals surface area contributed by atoms with Gasteiger partial charge in [-0.05, 0) is 60.2 Å². The number of halogens is 1. The standard InChI is InChI=1S/C17H17FN4O3S/c1-24-15-8-11(2-7-14(15)25-10-16(19)23)9-20-22-17(26)21-13-5-3-12(18)4-6-13/h2-9H,10H2,1H3,(H2,19,23)(H2,21,22,26)/b20-9-. The Hall–Kier alpha value is -3.20. The Kier molecular flexibility index (Phi) is 6.86. The predicted octanol–water partition coefficient (Wildman–Crippen LogP) is 2.02. The predicted molar refractivity (Wildman–Crippen MR) is 101 cm³/mol. The zero-order valence-electron chi connectivity index (χ0n) is 13.9. The first-order chi connectivity index (χ1) is 12.5. The van der Waals surface area contributed by atoms with Crippen molar-refractivity contribution in [3.05, 3.63) is 53.8 Å². The Balaban J connectivity index is 1.93. The van der Waals surface area contributed by atoms with Crippen LogP contribution in [0.2, 0.25) is 0 Å². The molecule has 0 aliphatic heterocycles. The quantitative estimate of drug-likeness (QED) is 0.389. The fourth-order valence-corrected chi connectivity index (χ4v) is 2.06. The summed E-state index contributed by atoms with van der Waals surface area (Å²) in [5, 5.41) is 7.13. The summed E-state index contributed by atoms with van der Waals surface area (Å²) in [6.45, 7) is -0.241. The largest absolute Gasteiger partial charge is 0.493 e. The van der Waals surface area contributed by atoms with E-state index >= 15 is 0 Å². The van der Waals surface area contributed by atoms with Crippen LogP contribution >= 0.6 is 12.2 Å². The number of nitrogens with zero attached hydrogens (tertiary/aromatic N) is 1. The van der Waals surface area contributed by atoms with Gasteiger partial charge < -0.3 is 20.5 Å². The van der Waals surface area contributed by atoms with E-state index in [4.69, 9.17) is 27.4 Å². The van der Waals surface area contributed by atoms with Gasteiger partial charge in [-0.3, -0.25) is 10.2 Å². The second-order valence-corrected chi connectivity index (χ2v) is 5.40. The summed E-state index contributed by atoms with van der Waals surface area (Å²) in [4.78, 5) is 10.8. The number of benzene rings is 2. The van der Waals surface area contributed by atoms with Gasteiger partial charge >= 0.3 is 0 Å². The number of nitrogens with one attached hydrogen (secondary N) is 2. The maximum Gasteiger partial charge on any atom is 0.255 e. The highest BCUT2D eigenvalue weighted by atomic mass is 32.1. The van der Waals surface area contributed by atoms with Crippen LogP contribution in [-0.2, 0) is 4.79 Å². The minimum absolute atomic E-state index is 0.241. The van der Waals surface area contributed by atoms with E-state index in [1.54, 1.807) is 30.3 Å². The molecule has 0 fully saturated rings. The molecule has 9 heteroatoms. The third kappa shape index (κ3) is 6.02. The number of thiocarbonyl (C=S) groups is 1. The highest BCUT2D eigenvalue weighted by Gasteiger charge is 2.06. The molecule has 2 rings (SSSR count). The van der Waals surface area contributed by atoms with Crippen molar-refractivity contribution in [3.8, 4) is 11.5 Å². The number of amides is 1. The van der Waals surface area contributed by atoms with Gasteiger partial charge in [0, 0.05) is 5.69 Å². The van der Waals surface area contributed by atoms with Gasteiger partial charge in [-0.2, -0.15) is 5.10 Å². The van der Waals surface area contributed by atoms with Gasteiger partial charge in [0.1, 0.15) is 5.82 Å². The third-order valence-electron chi connectivity index (χ3n) is 3.04. The van der Waals surface area contributed by atoms with Gasteiger partial charge in [0.05, 0.1) is 13.3 Å². The van der Waals surface area contributed by atoms with Crippen LogP contribution in [0.4, 0.5) is 10.1 Å². The minimum Gasteiger partial charge on any atom is -0.493 e. The second kappa shape index (κ2) is 9.33. The zero-order chi connectivity index (χ0) is 18.9.